The zero-order valence-electron chi connectivity index (χ0n) is 11.3. The fourth-order valence-corrected chi connectivity index (χ4v) is 2.16. The topological polar surface area (TPSA) is 115 Å². The van der Waals surface area contributed by atoms with E-state index >= 15 is 0 Å². The van der Waals surface area contributed by atoms with Gasteiger partial charge >= 0.3 is 11.9 Å². The van der Waals surface area contributed by atoms with E-state index in [2.05, 4.69) is 0 Å². The monoisotopic (exact) mass is 282 g/mol. The lowest BCUT2D eigenvalue weighted by atomic mass is 9.90. The fourth-order valence-electron chi connectivity index (χ4n) is 2.16. The second kappa shape index (κ2) is 6.49. The maximum absolute atomic E-state index is 11.4. The number of aliphatic hydroxyl groups is 2. The molecule has 0 fully saturated rings. The van der Waals surface area contributed by atoms with Gasteiger partial charge in [-0.25, -0.2) is 9.59 Å². The standard InChI is InChI=1S/C14H18O6/c1-7(15)5-9-3-4-10(13(17)18)11(6-8(2)16)12(9)14(19)20/h3-4,7-8,15-16H,5-6H2,1-2H3,(H,17,18)(H,19,20). The van der Waals surface area contributed by atoms with E-state index in [0.29, 0.717) is 5.56 Å². The molecule has 0 saturated carbocycles. The predicted octanol–water partition coefficient (Wildman–Crippen LogP) is 0.930. The van der Waals surface area contributed by atoms with Crippen LogP contribution in [0.2, 0.25) is 0 Å². The first-order valence-corrected chi connectivity index (χ1v) is 6.21. The molecule has 0 aromatic heterocycles. The summed E-state index contributed by atoms with van der Waals surface area (Å²) in [5, 5.41) is 37.3. The molecule has 0 aliphatic carbocycles. The summed E-state index contributed by atoms with van der Waals surface area (Å²) in [5.74, 6) is -2.51. The van der Waals surface area contributed by atoms with E-state index in [1.165, 1.54) is 26.0 Å². The van der Waals surface area contributed by atoms with Gasteiger partial charge in [0.05, 0.1) is 23.3 Å². The SMILES string of the molecule is CC(O)Cc1ccc(C(=O)O)c(CC(C)O)c1C(=O)O. The van der Waals surface area contributed by atoms with Gasteiger partial charge < -0.3 is 20.4 Å². The van der Waals surface area contributed by atoms with Gasteiger partial charge in [-0.3, -0.25) is 0 Å². The number of hydrogen-bond acceptors (Lipinski definition) is 4. The number of aliphatic hydroxyl groups excluding tert-OH is 2. The van der Waals surface area contributed by atoms with Crippen LogP contribution in [0, 0.1) is 0 Å². The van der Waals surface area contributed by atoms with Crippen LogP contribution in [-0.4, -0.2) is 44.6 Å². The molecule has 0 amide bonds. The van der Waals surface area contributed by atoms with Crippen LogP contribution in [0.4, 0.5) is 0 Å². The highest BCUT2D eigenvalue weighted by molar-refractivity contribution is 5.97. The highest BCUT2D eigenvalue weighted by Crippen LogP contribution is 2.23. The van der Waals surface area contributed by atoms with E-state index < -0.39 is 24.1 Å². The van der Waals surface area contributed by atoms with E-state index in [1.807, 2.05) is 0 Å². The van der Waals surface area contributed by atoms with Crippen LogP contribution in [0.5, 0.6) is 0 Å². The Morgan fingerprint density at radius 2 is 1.55 bits per heavy atom. The quantitative estimate of drug-likeness (QED) is 0.617. The van der Waals surface area contributed by atoms with E-state index in [4.69, 9.17) is 5.11 Å². The van der Waals surface area contributed by atoms with Crippen molar-refractivity contribution in [2.45, 2.75) is 38.9 Å². The van der Waals surface area contributed by atoms with Crippen LogP contribution in [0.15, 0.2) is 12.1 Å². The highest BCUT2D eigenvalue weighted by atomic mass is 16.4. The lowest BCUT2D eigenvalue weighted by Gasteiger charge is -2.16. The van der Waals surface area contributed by atoms with E-state index in [0.717, 1.165) is 0 Å². The molecule has 1 aromatic rings. The van der Waals surface area contributed by atoms with Crippen molar-refractivity contribution in [1.82, 2.24) is 0 Å². The van der Waals surface area contributed by atoms with Crippen LogP contribution in [0.3, 0.4) is 0 Å². The van der Waals surface area contributed by atoms with Crippen molar-refractivity contribution in [1.29, 1.82) is 0 Å². The first-order chi connectivity index (χ1) is 9.23. The molecule has 0 spiro atoms. The summed E-state index contributed by atoms with van der Waals surface area (Å²) >= 11 is 0. The third-order valence-electron chi connectivity index (χ3n) is 2.86. The van der Waals surface area contributed by atoms with Crippen LogP contribution >= 0.6 is 0 Å². The Labute approximate surface area is 116 Å². The Morgan fingerprint density at radius 3 is 1.95 bits per heavy atom. The van der Waals surface area contributed by atoms with Gasteiger partial charge in [-0.15, -0.1) is 0 Å². The van der Waals surface area contributed by atoms with Crippen molar-refractivity contribution < 1.29 is 30.0 Å². The van der Waals surface area contributed by atoms with Gasteiger partial charge in [0, 0.05) is 0 Å². The van der Waals surface area contributed by atoms with Crippen LogP contribution in [-0.2, 0) is 12.8 Å². The number of carboxylic acid groups (broad SMARTS) is 2. The van der Waals surface area contributed by atoms with Crippen molar-refractivity contribution in [3.8, 4) is 0 Å². The minimum atomic E-state index is -1.26. The van der Waals surface area contributed by atoms with Gasteiger partial charge in [-0.2, -0.15) is 0 Å². The third kappa shape index (κ3) is 3.79. The number of rotatable bonds is 6. The lowest BCUT2D eigenvalue weighted by Crippen LogP contribution is -2.19. The molecule has 0 aliphatic rings. The largest absolute Gasteiger partial charge is 0.478 e. The van der Waals surface area contributed by atoms with E-state index in [1.54, 1.807) is 0 Å². The Balaban J connectivity index is 3.51. The molecule has 6 heteroatoms. The molecule has 0 bridgehead atoms. The molecule has 1 rings (SSSR count). The highest BCUT2D eigenvalue weighted by Gasteiger charge is 2.23. The number of carbonyl (C=O) groups is 2. The Hall–Kier alpha value is -1.92. The van der Waals surface area contributed by atoms with Crippen LogP contribution < -0.4 is 0 Å². The maximum atomic E-state index is 11.4. The Kier molecular flexibility index (Phi) is 5.24. The summed E-state index contributed by atoms with van der Waals surface area (Å²) in [5.41, 5.74) is 0.149. The molecule has 2 unspecified atom stereocenters. The summed E-state index contributed by atoms with van der Waals surface area (Å²) in [6.45, 7) is 2.98. The molecule has 1 aromatic carbocycles. The lowest BCUT2D eigenvalue weighted by molar-refractivity contribution is 0.0692. The zero-order chi connectivity index (χ0) is 15.4. The zero-order valence-corrected chi connectivity index (χ0v) is 11.3. The van der Waals surface area contributed by atoms with Crippen molar-refractivity contribution in [2.75, 3.05) is 0 Å². The normalized spacial score (nSPS) is 13.8. The minimum absolute atomic E-state index is 0.0725. The van der Waals surface area contributed by atoms with Gasteiger partial charge in [0.15, 0.2) is 0 Å². The number of carboxylic acids is 2. The summed E-state index contributed by atoms with van der Waals surface area (Å²) in [6, 6.07) is 2.70. The van der Waals surface area contributed by atoms with E-state index in [-0.39, 0.29) is 29.5 Å². The van der Waals surface area contributed by atoms with Gasteiger partial charge in [-0.1, -0.05) is 6.07 Å². The summed E-state index contributed by atoms with van der Waals surface area (Å²) in [7, 11) is 0. The molecule has 0 heterocycles. The van der Waals surface area contributed by atoms with Crippen LogP contribution in [0.25, 0.3) is 0 Å². The van der Waals surface area contributed by atoms with E-state index in [9.17, 15) is 24.9 Å². The molecule has 2 atom stereocenters. The first-order valence-electron chi connectivity index (χ1n) is 6.21. The molecule has 110 valence electrons. The Bertz CT molecular complexity index is 519. The van der Waals surface area contributed by atoms with Crippen LogP contribution in [0.1, 0.15) is 45.7 Å². The molecule has 0 radical (unpaired) electrons. The maximum Gasteiger partial charge on any atom is 0.336 e. The number of hydrogen-bond donors (Lipinski definition) is 4. The molecule has 0 saturated heterocycles. The second-order valence-electron chi connectivity index (χ2n) is 4.84. The van der Waals surface area contributed by atoms with Gasteiger partial charge in [0.25, 0.3) is 0 Å². The molecule has 0 aliphatic heterocycles. The van der Waals surface area contributed by atoms with Gasteiger partial charge in [-0.05, 0) is 43.9 Å². The average molecular weight is 282 g/mol. The van der Waals surface area contributed by atoms with Crippen molar-refractivity contribution in [3.63, 3.8) is 0 Å². The molecule has 4 N–H and O–H groups in total. The molecular weight excluding hydrogens is 264 g/mol. The fraction of sp³-hybridized carbons (Fsp3) is 0.429. The first kappa shape index (κ1) is 16.1. The number of aromatic carboxylic acids is 2. The number of benzene rings is 1. The van der Waals surface area contributed by atoms with Gasteiger partial charge in [0.2, 0.25) is 0 Å². The summed E-state index contributed by atoms with van der Waals surface area (Å²) < 4.78 is 0. The average Bonchev–Trinajstić information content (AvgIpc) is 2.26. The molecular formula is C14H18O6. The smallest absolute Gasteiger partial charge is 0.336 e. The van der Waals surface area contributed by atoms with Crippen molar-refractivity contribution in [2.24, 2.45) is 0 Å². The molecule has 20 heavy (non-hydrogen) atoms. The van der Waals surface area contributed by atoms with Crippen molar-refractivity contribution >= 4 is 11.9 Å². The summed E-state index contributed by atoms with van der Waals surface area (Å²) in [6.07, 6.45) is -1.58. The van der Waals surface area contributed by atoms with Crippen molar-refractivity contribution in [3.05, 3.63) is 34.4 Å². The second-order valence-corrected chi connectivity index (χ2v) is 4.84. The predicted molar refractivity (Wildman–Crippen MR) is 71.1 cm³/mol. The Morgan fingerprint density at radius 1 is 1.00 bits per heavy atom. The minimum Gasteiger partial charge on any atom is -0.478 e. The summed E-state index contributed by atoms with van der Waals surface area (Å²) in [4.78, 5) is 22.6. The molecule has 6 nitrogen and oxygen atoms in total. The third-order valence-corrected chi connectivity index (χ3v) is 2.86. The van der Waals surface area contributed by atoms with Gasteiger partial charge in [0.1, 0.15) is 0 Å².